The van der Waals surface area contributed by atoms with Crippen molar-refractivity contribution in [1.82, 2.24) is 0 Å². The lowest BCUT2D eigenvalue weighted by molar-refractivity contribution is -0.176. The van der Waals surface area contributed by atoms with E-state index in [4.69, 9.17) is 0 Å². The summed E-state index contributed by atoms with van der Waals surface area (Å²) in [6.45, 7) is -0.00668. The summed E-state index contributed by atoms with van der Waals surface area (Å²) in [4.78, 5) is 22.6. The molecular formula is C14H13F4NO3. The summed E-state index contributed by atoms with van der Waals surface area (Å²) in [5, 5.41) is 2.45. The first kappa shape index (κ1) is 17.7. The Morgan fingerprint density at radius 1 is 1.27 bits per heavy atom. The van der Waals surface area contributed by atoms with Gasteiger partial charge in [0, 0.05) is 17.8 Å². The van der Waals surface area contributed by atoms with E-state index in [2.05, 4.69) is 10.1 Å². The molecule has 0 radical (unpaired) electrons. The number of rotatable bonds is 6. The van der Waals surface area contributed by atoms with E-state index in [1.807, 2.05) is 0 Å². The zero-order valence-corrected chi connectivity index (χ0v) is 11.5. The second-order valence-electron chi connectivity index (χ2n) is 4.31. The van der Waals surface area contributed by atoms with E-state index >= 15 is 0 Å². The number of halogens is 4. The maximum atomic E-state index is 12.5. The van der Waals surface area contributed by atoms with E-state index in [1.165, 1.54) is 0 Å². The van der Waals surface area contributed by atoms with Crippen molar-refractivity contribution in [3.05, 3.63) is 42.0 Å². The fourth-order valence-electron chi connectivity index (χ4n) is 1.31. The van der Waals surface area contributed by atoms with Crippen molar-refractivity contribution in [1.29, 1.82) is 0 Å². The topological polar surface area (TPSA) is 55.4 Å². The molecule has 0 aromatic heterocycles. The minimum atomic E-state index is -4.42. The Balaban J connectivity index is 2.49. The molecule has 0 aliphatic carbocycles. The normalized spacial score (nSPS) is 11.7. The molecule has 0 unspecified atom stereocenters. The number of ether oxygens (including phenoxy) is 1. The molecule has 0 fully saturated rings. The number of carbonyl (C=O) groups excluding carboxylic acids is 2. The highest BCUT2D eigenvalue weighted by molar-refractivity contribution is 6.02. The Kier molecular flexibility index (Phi) is 6.09. The number of para-hydroxylation sites is 1. The molecule has 4 nitrogen and oxygen atoms in total. The highest BCUT2D eigenvalue weighted by atomic mass is 19.3. The summed E-state index contributed by atoms with van der Waals surface area (Å²) in [5.74, 6) is -6.43. The van der Waals surface area contributed by atoms with Crippen LogP contribution < -0.4 is 5.32 Å². The third-order valence-electron chi connectivity index (χ3n) is 2.50. The van der Waals surface area contributed by atoms with E-state index in [9.17, 15) is 27.2 Å². The number of amides is 1. The van der Waals surface area contributed by atoms with E-state index in [1.54, 1.807) is 31.2 Å². The second-order valence-corrected chi connectivity index (χ2v) is 4.31. The molecule has 0 saturated heterocycles. The van der Waals surface area contributed by atoms with Crippen molar-refractivity contribution in [2.45, 2.75) is 19.3 Å². The van der Waals surface area contributed by atoms with E-state index in [0.29, 0.717) is 11.8 Å². The number of hydrogen-bond acceptors (Lipinski definition) is 3. The molecule has 1 N–H and O–H groups in total. The van der Waals surface area contributed by atoms with Gasteiger partial charge in [0.2, 0.25) is 5.91 Å². The monoisotopic (exact) mass is 319 g/mol. The second kappa shape index (κ2) is 7.58. The van der Waals surface area contributed by atoms with Crippen LogP contribution in [0.4, 0.5) is 23.2 Å². The average molecular weight is 319 g/mol. The first-order valence-electron chi connectivity index (χ1n) is 6.10. The molecule has 0 aliphatic heterocycles. The first-order valence-corrected chi connectivity index (χ1v) is 6.10. The van der Waals surface area contributed by atoms with Gasteiger partial charge in [-0.05, 0) is 18.6 Å². The lowest BCUT2D eigenvalue weighted by atomic mass is 10.2. The molecule has 0 bridgehead atoms. The molecule has 22 heavy (non-hydrogen) atoms. The summed E-state index contributed by atoms with van der Waals surface area (Å²) in [5.41, 5.74) is 1.29. The van der Waals surface area contributed by atoms with Crippen LogP contribution in [0.5, 0.6) is 0 Å². The summed E-state index contributed by atoms with van der Waals surface area (Å²) in [6.07, 6.45) is -2.60. The molecular weight excluding hydrogens is 306 g/mol. The van der Waals surface area contributed by atoms with Gasteiger partial charge in [0.05, 0.1) is 0 Å². The predicted molar refractivity (Wildman–Crippen MR) is 70.9 cm³/mol. The van der Waals surface area contributed by atoms with Gasteiger partial charge in [0.25, 0.3) is 0 Å². The van der Waals surface area contributed by atoms with Gasteiger partial charge in [0.1, 0.15) is 0 Å². The molecule has 1 aromatic rings. The standard InChI is InChI=1S/C14H13F4NO3/c1-9-4-2-3-5-10(9)19-11(20)6-7-12(21)22-8-14(17,18)13(15)16/h2-7,13H,8H2,1H3,(H,19,20). The highest BCUT2D eigenvalue weighted by Crippen LogP contribution is 2.22. The number of esters is 1. The molecule has 1 amide bonds. The summed E-state index contributed by atoms with van der Waals surface area (Å²) >= 11 is 0. The molecule has 1 rings (SSSR count). The highest BCUT2D eigenvalue weighted by Gasteiger charge is 2.42. The van der Waals surface area contributed by atoms with Crippen LogP contribution in [0.1, 0.15) is 5.56 Å². The van der Waals surface area contributed by atoms with Crippen LogP contribution in [0.3, 0.4) is 0 Å². The third-order valence-corrected chi connectivity index (χ3v) is 2.50. The van der Waals surface area contributed by atoms with Crippen LogP contribution in [-0.4, -0.2) is 30.8 Å². The maximum Gasteiger partial charge on any atom is 0.340 e. The minimum Gasteiger partial charge on any atom is -0.456 e. The van der Waals surface area contributed by atoms with Gasteiger partial charge in [-0.2, -0.15) is 8.78 Å². The van der Waals surface area contributed by atoms with Crippen LogP contribution >= 0.6 is 0 Å². The summed E-state index contributed by atoms with van der Waals surface area (Å²) in [7, 11) is 0. The van der Waals surface area contributed by atoms with Crippen LogP contribution in [-0.2, 0) is 14.3 Å². The number of nitrogens with one attached hydrogen (secondary N) is 1. The minimum absolute atomic E-state index is 0.509. The fraction of sp³-hybridized carbons (Fsp3) is 0.286. The average Bonchev–Trinajstić information content (AvgIpc) is 2.45. The van der Waals surface area contributed by atoms with Gasteiger partial charge < -0.3 is 10.1 Å². The van der Waals surface area contributed by atoms with E-state index < -0.39 is 30.8 Å². The Morgan fingerprint density at radius 2 is 1.91 bits per heavy atom. The van der Waals surface area contributed by atoms with Crippen molar-refractivity contribution in [2.24, 2.45) is 0 Å². The number of aryl methyl sites for hydroxylation is 1. The third kappa shape index (κ3) is 5.55. The molecule has 0 saturated carbocycles. The van der Waals surface area contributed by atoms with Gasteiger partial charge in [-0.3, -0.25) is 4.79 Å². The van der Waals surface area contributed by atoms with Crippen LogP contribution in [0, 0.1) is 6.92 Å². The van der Waals surface area contributed by atoms with Crippen molar-refractivity contribution >= 4 is 17.6 Å². The van der Waals surface area contributed by atoms with Crippen molar-refractivity contribution in [3.63, 3.8) is 0 Å². The van der Waals surface area contributed by atoms with Gasteiger partial charge in [-0.25, -0.2) is 13.6 Å². The lowest BCUT2D eigenvalue weighted by Gasteiger charge is -2.14. The Morgan fingerprint density at radius 3 is 2.50 bits per heavy atom. The fourth-order valence-corrected chi connectivity index (χ4v) is 1.31. The van der Waals surface area contributed by atoms with Gasteiger partial charge in [-0.1, -0.05) is 18.2 Å². The molecule has 0 atom stereocenters. The SMILES string of the molecule is Cc1ccccc1NC(=O)C=CC(=O)OCC(F)(F)C(F)F. The number of anilines is 1. The summed E-state index contributed by atoms with van der Waals surface area (Å²) < 4.78 is 52.6. The molecule has 8 heteroatoms. The van der Waals surface area contributed by atoms with E-state index in [-0.39, 0.29) is 0 Å². The quantitative estimate of drug-likeness (QED) is 0.498. The zero-order chi connectivity index (χ0) is 16.8. The van der Waals surface area contributed by atoms with Crippen LogP contribution in [0.15, 0.2) is 36.4 Å². The van der Waals surface area contributed by atoms with Crippen LogP contribution in [0.25, 0.3) is 0 Å². The molecule has 0 aliphatic rings. The maximum absolute atomic E-state index is 12.5. The van der Waals surface area contributed by atoms with Crippen molar-refractivity contribution < 1.29 is 31.9 Å². The Labute approximate surface area is 123 Å². The van der Waals surface area contributed by atoms with E-state index in [0.717, 1.165) is 11.6 Å². The Hall–Kier alpha value is -2.38. The van der Waals surface area contributed by atoms with Crippen molar-refractivity contribution in [3.8, 4) is 0 Å². The molecule has 0 heterocycles. The number of benzene rings is 1. The number of carbonyl (C=O) groups is 2. The largest absolute Gasteiger partial charge is 0.456 e. The molecule has 120 valence electrons. The molecule has 1 aromatic carbocycles. The summed E-state index contributed by atoms with van der Waals surface area (Å²) in [6, 6.07) is 6.83. The Bertz CT molecular complexity index is 573. The first-order chi connectivity index (χ1) is 10.2. The smallest absolute Gasteiger partial charge is 0.340 e. The molecule has 0 spiro atoms. The van der Waals surface area contributed by atoms with Crippen LogP contribution in [0.2, 0.25) is 0 Å². The number of alkyl halides is 4. The number of hydrogen-bond donors (Lipinski definition) is 1. The van der Waals surface area contributed by atoms with Crippen molar-refractivity contribution in [2.75, 3.05) is 11.9 Å². The van der Waals surface area contributed by atoms with Gasteiger partial charge >= 0.3 is 18.3 Å². The lowest BCUT2D eigenvalue weighted by Crippen LogP contribution is -2.33. The van der Waals surface area contributed by atoms with Gasteiger partial charge in [0.15, 0.2) is 6.61 Å². The van der Waals surface area contributed by atoms with Gasteiger partial charge in [-0.15, -0.1) is 0 Å². The zero-order valence-electron chi connectivity index (χ0n) is 11.5. The predicted octanol–water partition coefficient (Wildman–Crippen LogP) is 2.93.